The predicted octanol–water partition coefficient (Wildman–Crippen LogP) is 4.76. The Morgan fingerprint density at radius 2 is 2.06 bits per heavy atom. The van der Waals surface area contributed by atoms with Crippen LogP contribution in [-0.4, -0.2) is 43.5 Å². The third-order valence-corrected chi connectivity index (χ3v) is 6.63. The second-order valence-electron chi connectivity index (χ2n) is 8.75. The van der Waals surface area contributed by atoms with E-state index in [0.717, 1.165) is 83.8 Å². The average molecular weight is 440 g/mol. The van der Waals surface area contributed by atoms with Gasteiger partial charge in [-0.2, -0.15) is 0 Å². The van der Waals surface area contributed by atoms with Crippen LogP contribution in [-0.2, 0) is 11.3 Å². The molecule has 7 heteroatoms. The van der Waals surface area contributed by atoms with Crippen LogP contribution in [0.15, 0.2) is 53.1 Å². The molecule has 0 aliphatic carbocycles. The van der Waals surface area contributed by atoms with Gasteiger partial charge in [0.2, 0.25) is 0 Å². The molecule has 2 aromatic carbocycles. The first kappa shape index (κ1) is 21.5. The molecule has 0 saturated carbocycles. The number of hydrogen-bond donors (Lipinski definition) is 1. The van der Waals surface area contributed by atoms with Crippen molar-refractivity contribution in [1.29, 1.82) is 0 Å². The number of pyridine rings is 1. The number of piperidine rings is 1. The van der Waals surface area contributed by atoms with Gasteiger partial charge in [-0.25, -0.2) is 4.98 Å². The monoisotopic (exact) mass is 440 g/mol. The SMILES string of the molecule is COc1cc(CN2CCC(C[B]C=O)CC2)cc2c(-c3cc4ccccc4o3)cnc(N)c12. The Morgan fingerprint density at radius 1 is 1.24 bits per heavy atom. The first-order chi connectivity index (χ1) is 16.2. The molecule has 6 nitrogen and oxygen atoms in total. The number of nitrogen functional groups attached to an aromatic ring is 1. The number of para-hydroxylation sites is 1. The fourth-order valence-electron chi connectivity index (χ4n) is 4.87. The smallest absolute Gasteiger partial charge is 0.197 e. The van der Waals surface area contributed by atoms with Gasteiger partial charge in [0, 0.05) is 29.1 Å². The topological polar surface area (TPSA) is 81.6 Å². The maximum absolute atomic E-state index is 10.6. The van der Waals surface area contributed by atoms with Crippen LogP contribution in [0.3, 0.4) is 0 Å². The highest BCUT2D eigenvalue weighted by molar-refractivity contribution is 6.66. The minimum absolute atomic E-state index is 0.445. The lowest BCUT2D eigenvalue weighted by atomic mass is 9.69. The fourth-order valence-corrected chi connectivity index (χ4v) is 4.87. The van der Waals surface area contributed by atoms with E-state index in [2.05, 4.69) is 22.0 Å². The molecular weight excluding hydrogens is 413 g/mol. The second kappa shape index (κ2) is 9.28. The molecule has 5 rings (SSSR count). The molecule has 0 atom stereocenters. The number of furan rings is 1. The lowest BCUT2D eigenvalue weighted by Gasteiger charge is -2.32. The van der Waals surface area contributed by atoms with Crippen molar-refractivity contribution in [3.05, 3.63) is 54.2 Å². The maximum atomic E-state index is 10.6. The molecule has 33 heavy (non-hydrogen) atoms. The molecule has 0 amide bonds. The molecule has 1 aliphatic heterocycles. The van der Waals surface area contributed by atoms with Crippen molar-refractivity contribution in [2.75, 3.05) is 25.9 Å². The van der Waals surface area contributed by atoms with Crippen LogP contribution in [0.4, 0.5) is 5.82 Å². The quantitative estimate of drug-likeness (QED) is 0.330. The van der Waals surface area contributed by atoms with Crippen molar-refractivity contribution in [2.24, 2.45) is 5.92 Å². The van der Waals surface area contributed by atoms with E-state index in [4.69, 9.17) is 14.9 Å². The number of likely N-dealkylation sites (tertiary alicyclic amines) is 1. The highest BCUT2D eigenvalue weighted by atomic mass is 16.5. The zero-order valence-electron chi connectivity index (χ0n) is 18.8. The number of rotatable bonds is 7. The Bertz CT molecular complexity index is 1260. The Morgan fingerprint density at radius 3 is 2.82 bits per heavy atom. The first-order valence-electron chi connectivity index (χ1n) is 11.4. The molecule has 2 N–H and O–H groups in total. The number of fused-ring (bicyclic) bond motifs is 2. The molecule has 3 heterocycles. The third-order valence-electron chi connectivity index (χ3n) is 6.63. The number of nitrogens with two attached hydrogens (primary N) is 1. The van der Waals surface area contributed by atoms with Gasteiger partial charge in [0.1, 0.15) is 22.9 Å². The van der Waals surface area contributed by atoms with E-state index in [-0.39, 0.29) is 0 Å². The van der Waals surface area contributed by atoms with Crippen molar-refractivity contribution in [3.63, 3.8) is 0 Å². The maximum Gasteiger partial charge on any atom is 0.197 e. The summed E-state index contributed by atoms with van der Waals surface area (Å²) in [6.07, 6.45) is 5.79. The third kappa shape index (κ3) is 4.33. The molecule has 167 valence electrons. The summed E-state index contributed by atoms with van der Waals surface area (Å²) in [4.78, 5) is 17.5. The largest absolute Gasteiger partial charge is 0.496 e. The number of anilines is 1. The Balaban J connectivity index is 1.49. The fraction of sp³-hybridized carbons (Fsp3) is 0.308. The van der Waals surface area contributed by atoms with Gasteiger partial charge < -0.3 is 19.7 Å². The number of benzene rings is 2. The van der Waals surface area contributed by atoms with E-state index in [1.165, 1.54) is 5.56 Å². The molecule has 2 aromatic heterocycles. The zero-order valence-corrected chi connectivity index (χ0v) is 18.8. The minimum Gasteiger partial charge on any atom is -0.496 e. The van der Waals surface area contributed by atoms with Crippen molar-refractivity contribution in [3.8, 4) is 17.1 Å². The number of methoxy groups -OCH3 is 1. The van der Waals surface area contributed by atoms with Crippen molar-refractivity contribution in [2.45, 2.75) is 25.7 Å². The van der Waals surface area contributed by atoms with Crippen LogP contribution in [0.1, 0.15) is 18.4 Å². The first-order valence-corrected chi connectivity index (χ1v) is 11.4. The Hall–Kier alpha value is -3.32. The van der Waals surface area contributed by atoms with Crippen LogP contribution < -0.4 is 10.5 Å². The lowest BCUT2D eigenvalue weighted by Crippen LogP contribution is -2.33. The predicted molar refractivity (Wildman–Crippen MR) is 133 cm³/mol. The van der Waals surface area contributed by atoms with E-state index in [1.54, 1.807) is 20.6 Å². The number of carbonyl (C=O) groups excluding carboxylic acids is 1. The molecule has 0 unspecified atom stereocenters. The van der Waals surface area contributed by atoms with Crippen LogP contribution >= 0.6 is 0 Å². The van der Waals surface area contributed by atoms with Gasteiger partial charge in [-0.3, -0.25) is 4.90 Å². The molecule has 4 aromatic rings. The Labute approximate surface area is 194 Å². The standard InChI is InChI=1S/C26H27BN3O3/c1-32-24-11-18(15-30-8-6-17(7-9-30)13-27-16-31)10-20-21(14-29-26(28)25(20)24)23-12-19-4-2-3-5-22(19)33-23/h2-5,10-12,14,16-17H,6-9,13,15H2,1H3,(H2,28,29). The molecule has 1 fully saturated rings. The van der Waals surface area contributed by atoms with Gasteiger partial charge >= 0.3 is 0 Å². The van der Waals surface area contributed by atoms with Gasteiger partial charge in [0.05, 0.1) is 18.7 Å². The summed E-state index contributed by atoms with van der Waals surface area (Å²) < 4.78 is 11.9. The van der Waals surface area contributed by atoms with E-state index >= 15 is 0 Å². The van der Waals surface area contributed by atoms with Crippen LogP contribution in [0.5, 0.6) is 5.75 Å². The molecule has 0 bridgehead atoms. The summed E-state index contributed by atoms with van der Waals surface area (Å²) in [6, 6.07) is 14.3. The van der Waals surface area contributed by atoms with E-state index < -0.39 is 0 Å². The number of aromatic nitrogens is 1. The zero-order chi connectivity index (χ0) is 22.8. The van der Waals surface area contributed by atoms with Crippen molar-refractivity contribution >= 4 is 41.0 Å². The van der Waals surface area contributed by atoms with E-state index in [1.807, 2.05) is 30.3 Å². The summed E-state index contributed by atoms with van der Waals surface area (Å²) in [5, 5.41) is 2.84. The number of nitrogens with zero attached hydrogens (tertiary/aromatic N) is 2. The molecule has 1 saturated heterocycles. The summed E-state index contributed by atoms with van der Waals surface area (Å²) in [5.41, 5.74) is 9.20. The second-order valence-corrected chi connectivity index (χ2v) is 8.75. The van der Waals surface area contributed by atoms with Crippen LogP contribution in [0.25, 0.3) is 33.1 Å². The summed E-state index contributed by atoms with van der Waals surface area (Å²) >= 11 is 0. The van der Waals surface area contributed by atoms with Crippen LogP contribution in [0, 0.1) is 5.92 Å². The average Bonchev–Trinajstić information content (AvgIpc) is 3.27. The van der Waals surface area contributed by atoms with Crippen molar-refractivity contribution < 1.29 is 13.9 Å². The normalized spacial score (nSPS) is 15.2. The highest BCUT2D eigenvalue weighted by Crippen LogP contribution is 2.39. The minimum atomic E-state index is 0.445. The number of carbonyl (C=O) groups is 1. The number of ether oxygens (including phenoxy) is 1. The summed E-state index contributed by atoms with van der Waals surface area (Å²) in [6.45, 7) is 2.87. The van der Waals surface area contributed by atoms with Gasteiger partial charge in [0.25, 0.3) is 0 Å². The molecule has 1 aliphatic rings. The van der Waals surface area contributed by atoms with Gasteiger partial charge in [-0.15, -0.1) is 0 Å². The summed E-state index contributed by atoms with van der Waals surface area (Å²) in [7, 11) is 3.41. The van der Waals surface area contributed by atoms with Crippen LogP contribution in [0.2, 0.25) is 6.32 Å². The molecular formula is C26H27BN3O3. The number of hydrogen-bond acceptors (Lipinski definition) is 6. The lowest BCUT2D eigenvalue weighted by molar-refractivity contribution is 0.185. The van der Waals surface area contributed by atoms with Gasteiger partial charge in [-0.1, -0.05) is 24.5 Å². The van der Waals surface area contributed by atoms with Gasteiger partial charge in [0.15, 0.2) is 7.28 Å². The molecule has 1 radical (unpaired) electrons. The van der Waals surface area contributed by atoms with Crippen molar-refractivity contribution in [1.82, 2.24) is 9.88 Å². The molecule has 0 spiro atoms. The summed E-state index contributed by atoms with van der Waals surface area (Å²) in [5.74, 6) is 2.53. The highest BCUT2D eigenvalue weighted by Gasteiger charge is 2.21. The van der Waals surface area contributed by atoms with E-state index in [0.29, 0.717) is 11.7 Å². The van der Waals surface area contributed by atoms with E-state index in [9.17, 15) is 4.79 Å². The Kier molecular flexibility index (Phi) is 6.05. The van der Waals surface area contributed by atoms with Gasteiger partial charge in [-0.05, 0) is 61.7 Å².